The summed E-state index contributed by atoms with van der Waals surface area (Å²) in [6, 6.07) is 3.08. The number of carbonyl (C=O) groups is 2. The van der Waals surface area contributed by atoms with Gasteiger partial charge in [0.05, 0.1) is 17.3 Å². The molecule has 0 N–H and O–H groups in total. The van der Waals surface area contributed by atoms with E-state index in [0.717, 1.165) is 17.8 Å². The lowest BCUT2D eigenvalue weighted by Gasteiger charge is -2.19. The number of esters is 1. The van der Waals surface area contributed by atoms with Crippen molar-refractivity contribution in [2.45, 2.75) is 23.9 Å². The van der Waals surface area contributed by atoms with Crippen LogP contribution in [-0.2, 0) is 15.5 Å². The van der Waals surface area contributed by atoms with Crippen LogP contribution < -0.4 is 4.90 Å². The van der Waals surface area contributed by atoms with Gasteiger partial charge in [-0.1, -0.05) is 24.3 Å². The number of anilines is 1. The fourth-order valence-electron chi connectivity index (χ4n) is 2.24. The molecule has 25 heavy (non-hydrogen) atoms. The number of hydrogen-bond donors (Lipinski definition) is 0. The molecule has 0 saturated carbocycles. The molecule has 0 radical (unpaired) electrons. The number of ether oxygens (including phenoxy) is 1. The zero-order chi connectivity index (χ0) is 18.0. The number of aromatic nitrogens is 2. The van der Waals surface area contributed by atoms with E-state index in [0.29, 0.717) is 15.0 Å². The van der Waals surface area contributed by atoms with E-state index in [9.17, 15) is 13.8 Å². The lowest BCUT2D eigenvalue weighted by Crippen LogP contribution is -2.37. The van der Waals surface area contributed by atoms with Gasteiger partial charge >= 0.3 is 12.0 Å². The topological polar surface area (TPSA) is 92.7 Å². The van der Waals surface area contributed by atoms with E-state index < -0.39 is 23.0 Å². The first-order valence-electron chi connectivity index (χ1n) is 7.52. The molecule has 2 atom stereocenters. The highest BCUT2D eigenvalue weighted by molar-refractivity contribution is 7.87. The molecule has 0 bridgehead atoms. The van der Waals surface area contributed by atoms with Crippen molar-refractivity contribution in [1.82, 2.24) is 15.1 Å². The van der Waals surface area contributed by atoms with E-state index in [4.69, 9.17) is 4.74 Å². The number of amides is 2. The van der Waals surface area contributed by atoms with E-state index in [1.165, 1.54) is 21.1 Å². The first kappa shape index (κ1) is 18.0. The van der Waals surface area contributed by atoms with Gasteiger partial charge in [-0.15, -0.1) is 21.5 Å². The largest absolute Gasteiger partial charge is 0.435 e. The Hall–Kier alpha value is -1.85. The van der Waals surface area contributed by atoms with Gasteiger partial charge in [0.1, 0.15) is 4.88 Å². The van der Waals surface area contributed by atoms with Crippen molar-refractivity contribution in [2.75, 3.05) is 24.2 Å². The summed E-state index contributed by atoms with van der Waals surface area (Å²) >= 11 is 2.35. The number of likely N-dealkylation sites (N-methyl/N-ethyl adjacent to an activating group) is 1. The molecular weight excluding hydrogens is 384 g/mol. The summed E-state index contributed by atoms with van der Waals surface area (Å²) in [5, 5.41) is 9.95. The molecule has 1 aliphatic heterocycles. The molecular formula is C14H16N4O4S3. The predicted molar refractivity (Wildman–Crippen MR) is 95.5 cm³/mol. The number of thiophene rings is 1. The van der Waals surface area contributed by atoms with Crippen molar-refractivity contribution < 1.29 is 18.5 Å². The maximum absolute atomic E-state index is 12.4. The van der Waals surface area contributed by atoms with Crippen molar-refractivity contribution in [2.24, 2.45) is 0 Å². The second kappa shape index (κ2) is 7.58. The van der Waals surface area contributed by atoms with E-state index in [1.54, 1.807) is 24.6 Å². The summed E-state index contributed by atoms with van der Waals surface area (Å²) in [7, 11) is 0.375. The molecule has 134 valence electrons. The van der Waals surface area contributed by atoms with Gasteiger partial charge in [0.25, 0.3) is 0 Å². The summed E-state index contributed by atoms with van der Waals surface area (Å²) in [6.07, 6.45) is -0.0407. The molecule has 1 aliphatic rings. The second-order valence-corrected chi connectivity index (χ2v) is 8.92. The van der Waals surface area contributed by atoms with Gasteiger partial charge in [0.15, 0.2) is 0 Å². The molecule has 1 fully saturated rings. The quantitative estimate of drug-likeness (QED) is 0.545. The third-order valence-corrected chi connectivity index (χ3v) is 7.03. The molecule has 8 nitrogen and oxygen atoms in total. The maximum atomic E-state index is 12.4. The van der Waals surface area contributed by atoms with Crippen molar-refractivity contribution in [3.8, 4) is 0 Å². The van der Waals surface area contributed by atoms with Gasteiger partial charge in [-0.3, -0.25) is 4.21 Å². The Bertz CT molecular complexity index is 792. The van der Waals surface area contributed by atoms with Crippen LogP contribution in [0.1, 0.15) is 23.0 Å². The van der Waals surface area contributed by atoms with Gasteiger partial charge < -0.3 is 9.64 Å². The number of carbonyl (C=O) groups excluding carboxylic acids is 2. The normalized spacial score (nSPS) is 18.6. The SMILES string of the molecule is CCCS(=O)c1nnc(N2C(=O)N(C)CC2OC(=O)c2cccs2)s1. The zero-order valence-corrected chi connectivity index (χ0v) is 16.0. The molecule has 2 aromatic rings. The molecule has 0 aromatic carbocycles. The first-order valence-corrected chi connectivity index (χ1v) is 10.5. The van der Waals surface area contributed by atoms with E-state index >= 15 is 0 Å². The van der Waals surface area contributed by atoms with Gasteiger partial charge in [-0.2, -0.15) is 0 Å². The fraction of sp³-hybridized carbons (Fsp3) is 0.429. The molecule has 11 heteroatoms. The Morgan fingerprint density at radius 1 is 1.48 bits per heavy atom. The van der Waals surface area contributed by atoms with Crippen LogP contribution in [-0.4, -0.2) is 56.9 Å². The maximum Gasteiger partial charge on any atom is 0.350 e. The van der Waals surface area contributed by atoms with Crippen LogP contribution in [0.3, 0.4) is 0 Å². The molecule has 3 heterocycles. The standard InChI is InChI=1S/C14H16N4O4S3/c1-3-7-25(21)13-16-15-12(24-13)18-10(8-17(2)14(18)20)22-11(19)9-5-4-6-23-9/h4-6,10H,3,7-8H2,1-2H3. The Morgan fingerprint density at radius 3 is 2.96 bits per heavy atom. The Morgan fingerprint density at radius 2 is 2.28 bits per heavy atom. The smallest absolute Gasteiger partial charge is 0.350 e. The molecule has 1 saturated heterocycles. The minimum absolute atomic E-state index is 0.225. The van der Waals surface area contributed by atoms with Crippen molar-refractivity contribution in [3.63, 3.8) is 0 Å². The lowest BCUT2D eigenvalue weighted by molar-refractivity contribution is 0.0337. The van der Waals surface area contributed by atoms with Gasteiger partial charge in [0, 0.05) is 12.8 Å². The van der Waals surface area contributed by atoms with Crippen LogP contribution in [0.5, 0.6) is 0 Å². The minimum atomic E-state index is -1.24. The monoisotopic (exact) mass is 400 g/mol. The highest BCUT2D eigenvalue weighted by atomic mass is 32.2. The van der Waals surface area contributed by atoms with Gasteiger partial charge in [0.2, 0.25) is 15.7 Å². The summed E-state index contributed by atoms with van der Waals surface area (Å²) in [5.74, 6) is -0.00776. The molecule has 0 spiro atoms. The molecule has 0 aliphatic carbocycles. The number of nitrogens with zero attached hydrogens (tertiary/aromatic N) is 4. The van der Waals surface area contributed by atoms with Gasteiger partial charge in [-0.05, 0) is 17.9 Å². The molecule has 2 amide bonds. The van der Waals surface area contributed by atoms with Crippen molar-refractivity contribution in [3.05, 3.63) is 22.4 Å². The van der Waals surface area contributed by atoms with E-state index in [2.05, 4.69) is 10.2 Å². The molecule has 2 aromatic heterocycles. The Balaban J connectivity index is 1.80. The number of urea groups is 1. The number of rotatable bonds is 6. The summed E-state index contributed by atoms with van der Waals surface area (Å²) in [6.45, 7) is 2.15. The zero-order valence-electron chi connectivity index (χ0n) is 13.6. The lowest BCUT2D eigenvalue weighted by atomic mass is 10.4. The summed E-state index contributed by atoms with van der Waals surface area (Å²) in [4.78, 5) is 27.8. The second-order valence-electron chi connectivity index (χ2n) is 5.27. The molecule has 3 rings (SSSR count). The minimum Gasteiger partial charge on any atom is -0.435 e. The van der Waals surface area contributed by atoms with Crippen LogP contribution in [0.4, 0.5) is 9.93 Å². The predicted octanol–water partition coefficient (Wildman–Crippen LogP) is 2.17. The van der Waals surface area contributed by atoms with E-state index in [1.807, 2.05) is 6.92 Å². The third kappa shape index (κ3) is 3.72. The van der Waals surface area contributed by atoms with Crippen LogP contribution in [0.2, 0.25) is 0 Å². The van der Waals surface area contributed by atoms with Crippen LogP contribution in [0, 0.1) is 0 Å². The fourth-order valence-corrected chi connectivity index (χ4v) is 4.98. The van der Waals surface area contributed by atoms with Crippen LogP contribution >= 0.6 is 22.7 Å². The van der Waals surface area contributed by atoms with Crippen LogP contribution in [0.15, 0.2) is 21.9 Å². The highest BCUT2D eigenvalue weighted by Crippen LogP contribution is 2.30. The van der Waals surface area contributed by atoms with Crippen molar-refractivity contribution >= 4 is 50.6 Å². The average molecular weight is 401 g/mol. The number of hydrogen-bond acceptors (Lipinski definition) is 8. The first-order chi connectivity index (χ1) is 12.0. The highest BCUT2D eigenvalue weighted by Gasteiger charge is 2.41. The van der Waals surface area contributed by atoms with Gasteiger partial charge in [-0.25, -0.2) is 14.5 Å². The third-order valence-electron chi connectivity index (χ3n) is 3.40. The summed E-state index contributed by atoms with van der Waals surface area (Å²) in [5.41, 5.74) is 0. The van der Waals surface area contributed by atoms with Crippen molar-refractivity contribution in [1.29, 1.82) is 0 Å². The summed E-state index contributed by atoms with van der Waals surface area (Å²) < 4.78 is 17.9. The Labute approximate surface area is 154 Å². The van der Waals surface area contributed by atoms with Crippen LogP contribution in [0.25, 0.3) is 0 Å². The average Bonchev–Trinajstić information content (AvgIpc) is 3.30. The molecule has 2 unspecified atom stereocenters. The Kier molecular flexibility index (Phi) is 5.45. The van der Waals surface area contributed by atoms with E-state index in [-0.39, 0.29) is 17.7 Å².